The van der Waals surface area contributed by atoms with Crippen LogP contribution in [0, 0.1) is 0 Å². The second kappa shape index (κ2) is 6.31. The van der Waals surface area contributed by atoms with Crippen molar-refractivity contribution in [3.8, 4) is 0 Å². The molecule has 0 saturated carbocycles. The first-order valence-electron chi connectivity index (χ1n) is 3.80. The molecule has 0 atom stereocenters. The van der Waals surface area contributed by atoms with Gasteiger partial charge in [0.15, 0.2) is 0 Å². The van der Waals surface area contributed by atoms with E-state index in [0.717, 1.165) is 4.47 Å². The van der Waals surface area contributed by atoms with E-state index in [9.17, 15) is 0 Å². The minimum atomic E-state index is 1.02. The summed E-state index contributed by atoms with van der Waals surface area (Å²) >= 11 is 3.25. The molecule has 0 fully saturated rings. The lowest BCUT2D eigenvalue weighted by molar-refractivity contribution is 1.31. The summed E-state index contributed by atoms with van der Waals surface area (Å²) in [4.78, 5) is 7.62. The predicted octanol–water partition coefficient (Wildman–Crippen LogP) is 2.93. The van der Waals surface area contributed by atoms with Crippen LogP contribution < -0.4 is 0 Å². The standard InChI is InChI=1S/C5H4BrN.C5H5N/c6-5-2-1-3-7-4-5;1-2-4-6-5-3-1/h1-4H;1-5H. The third kappa shape index (κ3) is 5.09. The fourth-order valence-electron chi connectivity index (χ4n) is 0.655. The van der Waals surface area contributed by atoms with Gasteiger partial charge < -0.3 is 0 Å². The van der Waals surface area contributed by atoms with Crippen LogP contribution >= 0.6 is 15.9 Å². The Morgan fingerprint density at radius 1 is 0.846 bits per heavy atom. The molecule has 66 valence electrons. The molecule has 0 unspecified atom stereocenters. The zero-order valence-corrected chi connectivity index (χ0v) is 8.55. The van der Waals surface area contributed by atoms with Crippen molar-refractivity contribution in [2.75, 3.05) is 0 Å². The number of nitrogens with zero attached hydrogens (tertiary/aromatic N) is 2. The Balaban J connectivity index is 0.000000132. The largest absolute Gasteiger partial charge is 0.265 e. The van der Waals surface area contributed by atoms with Crippen molar-refractivity contribution in [3.63, 3.8) is 0 Å². The van der Waals surface area contributed by atoms with Crippen molar-refractivity contribution >= 4 is 15.9 Å². The van der Waals surface area contributed by atoms with Crippen LogP contribution in [0.5, 0.6) is 0 Å². The van der Waals surface area contributed by atoms with Crippen LogP contribution in [0.25, 0.3) is 0 Å². The molecule has 0 radical (unpaired) electrons. The fraction of sp³-hybridized carbons (Fsp3) is 0. The number of pyridine rings is 2. The van der Waals surface area contributed by atoms with Gasteiger partial charge in [0, 0.05) is 29.3 Å². The normalized spacial score (nSPS) is 8.38. The molecule has 13 heavy (non-hydrogen) atoms. The highest BCUT2D eigenvalue weighted by Gasteiger charge is 1.75. The monoisotopic (exact) mass is 236 g/mol. The fourth-order valence-corrected chi connectivity index (χ4v) is 0.925. The summed E-state index contributed by atoms with van der Waals surface area (Å²) in [6.45, 7) is 0. The van der Waals surface area contributed by atoms with E-state index in [1.807, 2.05) is 30.3 Å². The van der Waals surface area contributed by atoms with Gasteiger partial charge in [0.25, 0.3) is 0 Å². The summed E-state index contributed by atoms with van der Waals surface area (Å²) < 4.78 is 1.02. The van der Waals surface area contributed by atoms with E-state index in [1.165, 1.54) is 0 Å². The highest BCUT2D eigenvalue weighted by molar-refractivity contribution is 9.10. The second-order valence-electron chi connectivity index (χ2n) is 2.20. The molecule has 2 aromatic heterocycles. The Bertz CT molecular complexity index is 283. The maximum Gasteiger partial charge on any atom is 0.0410 e. The van der Waals surface area contributed by atoms with Crippen LogP contribution in [0.15, 0.2) is 59.6 Å². The Labute approximate surface area is 85.8 Å². The van der Waals surface area contributed by atoms with Gasteiger partial charge in [0.2, 0.25) is 0 Å². The van der Waals surface area contributed by atoms with Crippen LogP contribution in [-0.2, 0) is 0 Å². The van der Waals surface area contributed by atoms with E-state index in [0.29, 0.717) is 0 Å². The lowest BCUT2D eigenvalue weighted by Gasteiger charge is -1.80. The maximum absolute atomic E-state index is 3.84. The first kappa shape index (κ1) is 9.86. The average molecular weight is 237 g/mol. The molecule has 0 aliphatic carbocycles. The van der Waals surface area contributed by atoms with Gasteiger partial charge in [0.1, 0.15) is 0 Å². The topological polar surface area (TPSA) is 25.8 Å². The quantitative estimate of drug-likeness (QED) is 0.703. The molecule has 2 heterocycles. The maximum atomic E-state index is 3.84. The second-order valence-corrected chi connectivity index (χ2v) is 3.11. The number of rotatable bonds is 0. The molecule has 3 heteroatoms. The molecule has 2 nitrogen and oxygen atoms in total. The number of hydrogen-bond acceptors (Lipinski definition) is 2. The zero-order valence-electron chi connectivity index (χ0n) is 6.97. The number of halogens is 1. The van der Waals surface area contributed by atoms with Gasteiger partial charge in [-0.3, -0.25) is 9.97 Å². The molecule has 0 saturated heterocycles. The van der Waals surface area contributed by atoms with Crippen molar-refractivity contribution in [3.05, 3.63) is 59.6 Å². The lowest BCUT2D eigenvalue weighted by Crippen LogP contribution is -1.64. The Hall–Kier alpha value is -1.22. The number of hydrogen-bond donors (Lipinski definition) is 0. The molecule has 0 spiro atoms. The smallest absolute Gasteiger partial charge is 0.0410 e. The van der Waals surface area contributed by atoms with Crippen molar-refractivity contribution in [1.29, 1.82) is 0 Å². The van der Waals surface area contributed by atoms with Gasteiger partial charge in [-0.2, -0.15) is 0 Å². The molecular weight excluding hydrogens is 228 g/mol. The van der Waals surface area contributed by atoms with Gasteiger partial charge in [-0.25, -0.2) is 0 Å². The van der Waals surface area contributed by atoms with E-state index in [-0.39, 0.29) is 0 Å². The molecule has 2 rings (SSSR count). The van der Waals surface area contributed by atoms with Gasteiger partial charge in [-0.05, 0) is 40.2 Å². The van der Waals surface area contributed by atoms with Crippen molar-refractivity contribution in [2.24, 2.45) is 0 Å². The van der Waals surface area contributed by atoms with Crippen molar-refractivity contribution in [1.82, 2.24) is 9.97 Å². The van der Waals surface area contributed by atoms with E-state index in [1.54, 1.807) is 24.8 Å². The summed E-state index contributed by atoms with van der Waals surface area (Å²) in [7, 11) is 0. The van der Waals surface area contributed by atoms with Crippen LogP contribution in [0.4, 0.5) is 0 Å². The summed E-state index contributed by atoms with van der Waals surface area (Å²) in [6.07, 6.45) is 6.99. The van der Waals surface area contributed by atoms with Crippen LogP contribution in [0.3, 0.4) is 0 Å². The average Bonchev–Trinajstić information content (AvgIpc) is 2.22. The zero-order chi connectivity index (χ0) is 9.36. The van der Waals surface area contributed by atoms with Gasteiger partial charge in [0.05, 0.1) is 0 Å². The van der Waals surface area contributed by atoms with Crippen LogP contribution in [-0.4, -0.2) is 9.97 Å². The van der Waals surface area contributed by atoms with Crippen molar-refractivity contribution < 1.29 is 0 Å². The molecule has 0 N–H and O–H groups in total. The Kier molecular flexibility index (Phi) is 4.79. The summed E-state index contributed by atoms with van der Waals surface area (Å²) in [5.41, 5.74) is 0. The summed E-state index contributed by atoms with van der Waals surface area (Å²) in [6, 6.07) is 9.53. The molecule has 0 bridgehead atoms. The molecule has 0 aromatic carbocycles. The van der Waals surface area contributed by atoms with E-state index >= 15 is 0 Å². The Morgan fingerprint density at radius 3 is 1.77 bits per heavy atom. The number of aromatic nitrogens is 2. The summed E-state index contributed by atoms with van der Waals surface area (Å²) in [5.74, 6) is 0. The third-order valence-corrected chi connectivity index (χ3v) is 1.66. The highest BCUT2D eigenvalue weighted by Crippen LogP contribution is 2.02. The van der Waals surface area contributed by atoms with Gasteiger partial charge in [-0.15, -0.1) is 0 Å². The minimum absolute atomic E-state index is 1.02. The molecule has 0 amide bonds. The first-order valence-corrected chi connectivity index (χ1v) is 4.59. The van der Waals surface area contributed by atoms with Crippen LogP contribution in [0.2, 0.25) is 0 Å². The molecular formula is C10H9BrN2. The predicted molar refractivity (Wildman–Crippen MR) is 56.2 cm³/mol. The van der Waals surface area contributed by atoms with Gasteiger partial charge in [-0.1, -0.05) is 6.07 Å². The molecule has 0 aliphatic heterocycles. The minimum Gasteiger partial charge on any atom is -0.265 e. The molecule has 2 aromatic rings. The third-order valence-electron chi connectivity index (χ3n) is 1.19. The van der Waals surface area contributed by atoms with E-state index in [4.69, 9.17) is 0 Å². The lowest BCUT2D eigenvalue weighted by atomic mass is 10.5. The Morgan fingerprint density at radius 2 is 1.54 bits per heavy atom. The van der Waals surface area contributed by atoms with E-state index in [2.05, 4.69) is 25.9 Å². The van der Waals surface area contributed by atoms with Crippen LogP contribution in [0.1, 0.15) is 0 Å². The SMILES string of the molecule is Brc1cccnc1.c1ccncc1. The van der Waals surface area contributed by atoms with E-state index < -0.39 is 0 Å². The highest BCUT2D eigenvalue weighted by atomic mass is 79.9. The first-order chi connectivity index (χ1) is 6.39. The summed E-state index contributed by atoms with van der Waals surface area (Å²) in [5, 5.41) is 0. The van der Waals surface area contributed by atoms with Crippen molar-refractivity contribution in [2.45, 2.75) is 0 Å². The van der Waals surface area contributed by atoms with Gasteiger partial charge >= 0.3 is 0 Å². The molecule has 0 aliphatic rings.